The summed E-state index contributed by atoms with van der Waals surface area (Å²) in [6.45, 7) is 0.776. The molecular weight excluding hydrogens is 254 g/mol. The summed E-state index contributed by atoms with van der Waals surface area (Å²) in [4.78, 5) is 0. The zero-order chi connectivity index (χ0) is 14.1. The van der Waals surface area contributed by atoms with Gasteiger partial charge in [0.1, 0.15) is 11.4 Å². The summed E-state index contributed by atoms with van der Waals surface area (Å²) in [5.74, 6) is 1.80. The van der Waals surface area contributed by atoms with Crippen LogP contribution in [0.3, 0.4) is 0 Å². The number of benzene rings is 1. The van der Waals surface area contributed by atoms with E-state index in [9.17, 15) is 0 Å². The van der Waals surface area contributed by atoms with Gasteiger partial charge in [-0.1, -0.05) is 12.1 Å². The Morgan fingerprint density at radius 1 is 1.45 bits per heavy atom. The van der Waals surface area contributed by atoms with Crippen LogP contribution in [-0.2, 0) is 13.5 Å². The van der Waals surface area contributed by atoms with Crippen LogP contribution in [0.5, 0.6) is 11.5 Å². The zero-order valence-corrected chi connectivity index (χ0v) is 12.0. The minimum Gasteiger partial charge on any atom is -0.493 e. The Balaban J connectivity index is 2.03. The molecule has 5 heteroatoms. The minimum atomic E-state index is 0.0448. The van der Waals surface area contributed by atoms with E-state index in [1.54, 1.807) is 13.3 Å². The topological polar surface area (TPSA) is 48.3 Å². The van der Waals surface area contributed by atoms with Gasteiger partial charge in [0.15, 0.2) is 5.75 Å². The molecule has 1 unspecified atom stereocenters. The third-order valence-corrected chi connectivity index (χ3v) is 3.78. The monoisotopic (exact) mass is 273 g/mol. The fourth-order valence-corrected chi connectivity index (χ4v) is 2.76. The Hall–Kier alpha value is -2.01. The summed E-state index contributed by atoms with van der Waals surface area (Å²) in [5, 5.41) is 7.63. The minimum absolute atomic E-state index is 0.0448. The molecule has 1 aliphatic rings. The molecule has 20 heavy (non-hydrogen) atoms. The highest BCUT2D eigenvalue weighted by Gasteiger charge is 2.23. The van der Waals surface area contributed by atoms with Crippen LogP contribution < -0.4 is 14.8 Å². The number of hydrogen-bond acceptors (Lipinski definition) is 4. The molecule has 0 aliphatic carbocycles. The van der Waals surface area contributed by atoms with Gasteiger partial charge in [-0.15, -0.1) is 0 Å². The van der Waals surface area contributed by atoms with Crippen LogP contribution in [0.25, 0.3) is 0 Å². The molecule has 1 aromatic carbocycles. The molecule has 0 radical (unpaired) electrons. The summed E-state index contributed by atoms with van der Waals surface area (Å²) < 4.78 is 12.8. The smallest absolute Gasteiger partial charge is 0.161 e. The Labute approximate surface area is 118 Å². The first kappa shape index (κ1) is 13.0. The van der Waals surface area contributed by atoms with Crippen molar-refractivity contribution in [3.63, 3.8) is 0 Å². The lowest BCUT2D eigenvalue weighted by Gasteiger charge is -2.19. The molecule has 2 aromatic rings. The van der Waals surface area contributed by atoms with E-state index in [2.05, 4.69) is 22.5 Å². The third-order valence-electron chi connectivity index (χ3n) is 3.78. The van der Waals surface area contributed by atoms with Crippen LogP contribution in [0, 0.1) is 0 Å². The molecule has 0 fully saturated rings. The van der Waals surface area contributed by atoms with Gasteiger partial charge in [0.05, 0.1) is 26.0 Å². The zero-order valence-electron chi connectivity index (χ0n) is 12.0. The van der Waals surface area contributed by atoms with E-state index >= 15 is 0 Å². The maximum absolute atomic E-state index is 5.56. The third kappa shape index (κ3) is 2.04. The molecule has 0 bridgehead atoms. The fourth-order valence-electron chi connectivity index (χ4n) is 2.76. The van der Waals surface area contributed by atoms with Crippen molar-refractivity contribution < 1.29 is 9.47 Å². The van der Waals surface area contributed by atoms with Gasteiger partial charge in [-0.25, -0.2) is 0 Å². The van der Waals surface area contributed by atoms with Crippen molar-refractivity contribution in [2.24, 2.45) is 7.05 Å². The highest BCUT2D eigenvalue weighted by Crippen LogP contribution is 2.33. The number of rotatable bonds is 4. The Morgan fingerprint density at radius 2 is 2.30 bits per heavy atom. The average Bonchev–Trinajstić information content (AvgIpc) is 3.07. The molecule has 1 aliphatic heterocycles. The van der Waals surface area contributed by atoms with Crippen LogP contribution in [0.2, 0.25) is 0 Å². The van der Waals surface area contributed by atoms with E-state index in [0.717, 1.165) is 30.2 Å². The van der Waals surface area contributed by atoms with E-state index in [1.165, 1.54) is 11.1 Å². The molecule has 1 N–H and O–H groups in total. The van der Waals surface area contributed by atoms with Crippen molar-refractivity contribution in [2.75, 3.05) is 20.8 Å². The number of nitrogens with zero attached hydrogens (tertiary/aromatic N) is 2. The summed E-state index contributed by atoms with van der Waals surface area (Å²) in [5.41, 5.74) is 3.48. The van der Waals surface area contributed by atoms with Crippen LogP contribution in [0.1, 0.15) is 22.9 Å². The molecule has 1 aromatic heterocycles. The molecule has 1 atom stereocenters. The number of methoxy groups -OCH3 is 1. The lowest BCUT2D eigenvalue weighted by atomic mass is 10.00. The van der Waals surface area contributed by atoms with Crippen molar-refractivity contribution in [3.05, 3.63) is 41.2 Å². The van der Waals surface area contributed by atoms with Crippen molar-refractivity contribution >= 4 is 0 Å². The molecule has 0 spiro atoms. The first-order valence-corrected chi connectivity index (χ1v) is 6.73. The van der Waals surface area contributed by atoms with Crippen molar-refractivity contribution in [1.82, 2.24) is 15.1 Å². The van der Waals surface area contributed by atoms with Gasteiger partial charge in [0.2, 0.25) is 0 Å². The number of ether oxygens (including phenoxy) is 2. The molecule has 2 heterocycles. The van der Waals surface area contributed by atoms with Crippen molar-refractivity contribution in [3.8, 4) is 11.5 Å². The molecular formula is C15H19N3O2. The second kappa shape index (κ2) is 5.17. The molecule has 0 amide bonds. The first-order valence-electron chi connectivity index (χ1n) is 6.73. The van der Waals surface area contributed by atoms with Crippen LogP contribution >= 0.6 is 0 Å². The molecule has 106 valence electrons. The van der Waals surface area contributed by atoms with Gasteiger partial charge in [-0.05, 0) is 24.2 Å². The Morgan fingerprint density at radius 3 is 3.05 bits per heavy atom. The normalized spacial score (nSPS) is 14.8. The number of aromatic nitrogens is 2. The lowest BCUT2D eigenvalue weighted by Crippen LogP contribution is -2.21. The quantitative estimate of drug-likeness (QED) is 0.920. The summed E-state index contributed by atoms with van der Waals surface area (Å²) >= 11 is 0. The van der Waals surface area contributed by atoms with E-state index in [0.29, 0.717) is 0 Å². The van der Waals surface area contributed by atoms with Crippen LogP contribution in [-0.4, -0.2) is 30.5 Å². The van der Waals surface area contributed by atoms with Crippen molar-refractivity contribution in [1.29, 1.82) is 0 Å². The second-order valence-corrected chi connectivity index (χ2v) is 4.91. The molecule has 3 rings (SSSR count). The Kier molecular flexibility index (Phi) is 3.36. The average molecular weight is 273 g/mol. The molecule has 0 saturated heterocycles. The SMILES string of the molecule is CNC(c1ccc2c(c1)CCO2)c1c(OC)cnn1C. The van der Waals surface area contributed by atoms with Gasteiger partial charge in [-0.2, -0.15) is 5.10 Å². The largest absolute Gasteiger partial charge is 0.493 e. The maximum atomic E-state index is 5.56. The van der Waals surface area contributed by atoms with E-state index in [4.69, 9.17) is 9.47 Å². The standard InChI is InChI=1S/C15H19N3O2/c1-16-14(15-13(19-3)9-17-18(15)2)11-4-5-12-10(8-11)6-7-20-12/h4-5,8-9,14,16H,6-7H2,1-3H3. The molecule has 0 saturated carbocycles. The van der Waals surface area contributed by atoms with E-state index < -0.39 is 0 Å². The van der Waals surface area contributed by atoms with Gasteiger partial charge in [0, 0.05) is 13.5 Å². The van der Waals surface area contributed by atoms with E-state index in [1.807, 2.05) is 24.8 Å². The maximum Gasteiger partial charge on any atom is 0.161 e. The second-order valence-electron chi connectivity index (χ2n) is 4.91. The lowest BCUT2D eigenvalue weighted by molar-refractivity contribution is 0.356. The Bertz CT molecular complexity index is 622. The summed E-state index contributed by atoms with van der Waals surface area (Å²) in [6, 6.07) is 6.39. The van der Waals surface area contributed by atoms with Crippen molar-refractivity contribution in [2.45, 2.75) is 12.5 Å². The first-order chi connectivity index (χ1) is 9.74. The number of hydrogen-bond donors (Lipinski definition) is 1. The summed E-state index contributed by atoms with van der Waals surface area (Å²) in [6.07, 6.45) is 2.72. The highest BCUT2D eigenvalue weighted by molar-refractivity contribution is 5.44. The van der Waals surface area contributed by atoms with E-state index in [-0.39, 0.29) is 6.04 Å². The summed E-state index contributed by atoms with van der Waals surface area (Å²) in [7, 11) is 5.54. The number of fused-ring (bicyclic) bond motifs is 1. The number of aryl methyl sites for hydroxylation is 1. The molecule has 5 nitrogen and oxygen atoms in total. The van der Waals surface area contributed by atoms with Gasteiger partial charge in [-0.3, -0.25) is 4.68 Å². The fraction of sp³-hybridized carbons (Fsp3) is 0.400. The predicted molar refractivity (Wildman–Crippen MR) is 76.3 cm³/mol. The van der Waals surface area contributed by atoms with Crippen LogP contribution in [0.4, 0.5) is 0 Å². The number of nitrogens with one attached hydrogen (secondary N) is 1. The predicted octanol–water partition coefficient (Wildman–Crippen LogP) is 1.67. The highest BCUT2D eigenvalue weighted by atomic mass is 16.5. The van der Waals surface area contributed by atoms with Gasteiger partial charge >= 0.3 is 0 Å². The van der Waals surface area contributed by atoms with Gasteiger partial charge in [0.25, 0.3) is 0 Å². The van der Waals surface area contributed by atoms with Gasteiger partial charge < -0.3 is 14.8 Å². The van der Waals surface area contributed by atoms with Crippen LogP contribution in [0.15, 0.2) is 24.4 Å².